The molecule has 142 valence electrons. The Morgan fingerprint density at radius 3 is 2.52 bits per heavy atom. The fraction of sp³-hybridized carbons (Fsp3) is 0.444. The van der Waals surface area contributed by atoms with E-state index in [9.17, 15) is 14.4 Å². The summed E-state index contributed by atoms with van der Waals surface area (Å²) in [5.74, 6) is 0.222. The third-order valence-corrected chi connectivity index (χ3v) is 4.93. The Kier molecular flexibility index (Phi) is 4.43. The van der Waals surface area contributed by atoms with Crippen LogP contribution >= 0.6 is 0 Å². The van der Waals surface area contributed by atoms with Crippen molar-refractivity contribution in [1.82, 2.24) is 15.0 Å². The van der Waals surface area contributed by atoms with Gasteiger partial charge in [-0.1, -0.05) is 5.16 Å². The Bertz CT molecular complexity index is 851. The summed E-state index contributed by atoms with van der Waals surface area (Å²) in [6, 6.07) is 4.93. The molecule has 0 spiro atoms. The zero-order valence-corrected chi connectivity index (χ0v) is 14.9. The van der Waals surface area contributed by atoms with Gasteiger partial charge in [0, 0.05) is 32.2 Å². The first-order valence-electron chi connectivity index (χ1n) is 8.88. The molecule has 2 aliphatic rings. The van der Waals surface area contributed by atoms with Crippen molar-refractivity contribution in [3.8, 4) is 0 Å². The van der Waals surface area contributed by atoms with Crippen molar-refractivity contribution >= 4 is 23.5 Å². The van der Waals surface area contributed by atoms with E-state index in [4.69, 9.17) is 8.94 Å². The first-order chi connectivity index (χ1) is 13.0. The monoisotopic (exact) mass is 372 g/mol. The van der Waals surface area contributed by atoms with E-state index in [0.717, 1.165) is 0 Å². The van der Waals surface area contributed by atoms with Crippen LogP contribution in [0.4, 0.5) is 5.82 Å². The second kappa shape index (κ2) is 6.90. The molecular weight excluding hydrogens is 352 g/mol. The van der Waals surface area contributed by atoms with E-state index in [1.807, 2.05) is 0 Å². The number of hydrogen-bond donors (Lipinski definition) is 1. The number of rotatable bonds is 4. The van der Waals surface area contributed by atoms with Gasteiger partial charge in [-0.05, 0) is 25.5 Å². The molecule has 0 radical (unpaired) electrons. The average Bonchev–Trinajstić information content (AvgIpc) is 3.07. The number of carbonyl (C=O) groups excluding carboxylic acids is 3. The Balaban J connectivity index is 1.26. The van der Waals surface area contributed by atoms with E-state index in [1.165, 1.54) is 6.26 Å². The lowest BCUT2D eigenvalue weighted by Crippen LogP contribution is -2.51. The molecule has 2 unspecified atom stereocenters. The molecule has 2 fully saturated rings. The van der Waals surface area contributed by atoms with Crippen molar-refractivity contribution < 1.29 is 23.3 Å². The van der Waals surface area contributed by atoms with Gasteiger partial charge in [0.1, 0.15) is 5.76 Å². The minimum absolute atomic E-state index is 0.0309. The van der Waals surface area contributed by atoms with Crippen LogP contribution < -0.4 is 5.32 Å². The molecule has 1 saturated heterocycles. The van der Waals surface area contributed by atoms with Crippen LogP contribution in [0, 0.1) is 18.8 Å². The molecule has 2 aromatic heterocycles. The zero-order chi connectivity index (χ0) is 19.0. The number of aryl methyl sites for hydroxylation is 1. The van der Waals surface area contributed by atoms with Gasteiger partial charge in [-0.25, -0.2) is 0 Å². The summed E-state index contributed by atoms with van der Waals surface area (Å²) in [7, 11) is 0. The van der Waals surface area contributed by atoms with Crippen molar-refractivity contribution in [2.75, 3.05) is 31.5 Å². The maximum absolute atomic E-state index is 12.6. The highest BCUT2D eigenvalue weighted by molar-refractivity contribution is 5.99. The van der Waals surface area contributed by atoms with E-state index in [1.54, 1.807) is 34.9 Å². The highest BCUT2D eigenvalue weighted by Crippen LogP contribution is 2.41. The second-order valence-electron chi connectivity index (χ2n) is 6.86. The molecule has 3 heterocycles. The van der Waals surface area contributed by atoms with E-state index in [2.05, 4.69) is 10.5 Å². The van der Waals surface area contributed by atoms with Crippen molar-refractivity contribution in [3.05, 3.63) is 36.0 Å². The maximum atomic E-state index is 12.6. The predicted octanol–water partition coefficient (Wildman–Crippen LogP) is 1.14. The SMILES string of the molecule is Cc1cc(NC(=O)C2CC2C(=O)N2CCN(C(=O)c3ccco3)CC2)no1. The van der Waals surface area contributed by atoms with Crippen molar-refractivity contribution in [1.29, 1.82) is 0 Å². The minimum Gasteiger partial charge on any atom is -0.459 e. The van der Waals surface area contributed by atoms with Crippen LogP contribution in [0.2, 0.25) is 0 Å². The van der Waals surface area contributed by atoms with Crippen LogP contribution in [0.15, 0.2) is 33.4 Å². The van der Waals surface area contributed by atoms with Gasteiger partial charge < -0.3 is 24.1 Å². The van der Waals surface area contributed by atoms with Crippen LogP contribution in [0.1, 0.15) is 22.7 Å². The zero-order valence-electron chi connectivity index (χ0n) is 14.9. The number of piperazine rings is 1. The second-order valence-corrected chi connectivity index (χ2v) is 6.86. The Hall–Kier alpha value is -3.10. The molecular formula is C18H20N4O5. The number of anilines is 1. The lowest BCUT2D eigenvalue weighted by atomic mass is 10.2. The summed E-state index contributed by atoms with van der Waals surface area (Å²) in [5, 5.41) is 6.40. The standard InChI is InChI=1S/C18H20N4O5/c1-11-9-15(20-27-11)19-16(23)12-10-13(12)17(24)21-4-6-22(7-5-21)18(25)14-3-2-8-26-14/h2-3,8-9,12-13H,4-7,10H2,1H3,(H,19,20,23). The average molecular weight is 372 g/mol. The maximum Gasteiger partial charge on any atom is 0.289 e. The van der Waals surface area contributed by atoms with Gasteiger partial charge in [-0.2, -0.15) is 0 Å². The molecule has 27 heavy (non-hydrogen) atoms. The van der Waals surface area contributed by atoms with Gasteiger partial charge in [-0.15, -0.1) is 0 Å². The molecule has 1 aliphatic heterocycles. The molecule has 9 heteroatoms. The first kappa shape index (κ1) is 17.3. The lowest BCUT2D eigenvalue weighted by Gasteiger charge is -2.34. The van der Waals surface area contributed by atoms with Crippen molar-refractivity contribution in [2.24, 2.45) is 11.8 Å². The number of nitrogens with one attached hydrogen (secondary N) is 1. The Morgan fingerprint density at radius 2 is 1.89 bits per heavy atom. The molecule has 3 amide bonds. The van der Waals surface area contributed by atoms with Crippen LogP contribution in [0.3, 0.4) is 0 Å². The van der Waals surface area contributed by atoms with E-state index in [0.29, 0.717) is 49.9 Å². The summed E-state index contributed by atoms with van der Waals surface area (Å²) >= 11 is 0. The van der Waals surface area contributed by atoms with Crippen LogP contribution in [0.25, 0.3) is 0 Å². The van der Waals surface area contributed by atoms with E-state index >= 15 is 0 Å². The molecule has 9 nitrogen and oxygen atoms in total. The molecule has 1 aliphatic carbocycles. The van der Waals surface area contributed by atoms with Gasteiger partial charge in [0.15, 0.2) is 11.6 Å². The third kappa shape index (κ3) is 3.57. The number of furan rings is 1. The number of nitrogens with zero attached hydrogens (tertiary/aromatic N) is 3. The van der Waals surface area contributed by atoms with Gasteiger partial charge in [-0.3, -0.25) is 14.4 Å². The molecule has 0 bridgehead atoms. The summed E-state index contributed by atoms with van der Waals surface area (Å²) < 4.78 is 10.0. The molecule has 2 atom stereocenters. The molecule has 2 aromatic rings. The van der Waals surface area contributed by atoms with Crippen molar-refractivity contribution in [3.63, 3.8) is 0 Å². The molecule has 1 N–H and O–H groups in total. The number of carbonyl (C=O) groups is 3. The fourth-order valence-electron chi connectivity index (χ4n) is 3.32. The first-order valence-corrected chi connectivity index (χ1v) is 8.88. The Labute approximate surface area is 155 Å². The predicted molar refractivity (Wildman–Crippen MR) is 92.7 cm³/mol. The molecule has 1 saturated carbocycles. The van der Waals surface area contributed by atoms with Crippen LogP contribution in [0.5, 0.6) is 0 Å². The highest BCUT2D eigenvalue weighted by Gasteiger charge is 2.50. The van der Waals surface area contributed by atoms with Crippen molar-refractivity contribution in [2.45, 2.75) is 13.3 Å². The summed E-state index contributed by atoms with van der Waals surface area (Å²) in [6.07, 6.45) is 2.00. The minimum atomic E-state index is -0.336. The smallest absolute Gasteiger partial charge is 0.289 e. The largest absolute Gasteiger partial charge is 0.459 e. The Morgan fingerprint density at radius 1 is 1.15 bits per heavy atom. The molecule has 4 rings (SSSR count). The quantitative estimate of drug-likeness (QED) is 0.862. The lowest BCUT2D eigenvalue weighted by molar-refractivity contribution is -0.135. The van der Waals surface area contributed by atoms with E-state index < -0.39 is 0 Å². The number of amides is 3. The topological polar surface area (TPSA) is 109 Å². The van der Waals surface area contributed by atoms with Gasteiger partial charge in [0.05, 0.1) is 18.1 Å². The molecule has 0 aromatic carbocycles. The summed E-state index contributed by atoms with van der Waals surface area (Å²) in [6.45, 7) is 3.56. The van der Waals surface area contributed by atoms with Crippen LogP contribution in [-0.2, 0) is 9.59 Å². The number of hydrogen-bond acceptors (Lipinski definition) is 6. The van der Waals surface area contributed by atoms with E-state index in [-0.39, 0.29) is 29.6 Å². The number of aromatic nitrogens is 1. The van der Waals surface area contributed by atoms with Gasteiger partial charge in [0.2, 0.25) is 11.8 Å². The fourth-order valence-corrected chi connectivity index (χ4v) is 3.32. The normalized spacial score (nSPS) is 21.8. The summed E-state index contributed by atoms with van der Waals surface area (Å²) in [4.78, 5) is 40.5. The third-order valence-electron chi connectivity index (χ3n) is 4.93. The summed E-state index contributed by atoms with van der Waals surface area (Å²) in [5.41, 5.74) is 0. The van der Waals surface area contributed by atoms with Gasteiger partial charge in [0.25, 0.3) is 5.91 Å². The highest BCUT2D eigenvalue weighted by atomic mass is 16.5. The van der Waals surface area contributed by atoms with Crippen LogP contribution in [-0.4, -0.2) is 58.9 Å². The van der Waals surface area contributed by atoms with Gasteiger partial charge >= 0.3 is 0 Å².